The van der Waals surface area contributed by atoms with Gasteiger partial charge in [-0.25, -0.2) is 4.79 Å². The lowest BCUT2D eigenvalue weighted by molar-refractivity contribution is -0.158. The summed E-state index contributed by atoms with van der Waals surface area (Å²) in [6, 6.07) is 7.50. The van der Waals surface area contributed by atoms with Gasteiger partial charge in [-0.1, -0.05) is 37.6 Å². The van der Waals surface area contributed by atoms with E-state index in [0.29, 0.717) is 12.1 Å². The highest BCUT2D eigenvalue weighted by Crippen LogP contribution is 2.29. The van der Waals surface area contributed by atoms with Gasteiger partial charge in [0.2, 0.25) is 5.91 Å². The lowest BCUT2D eigenvalue weighted by Crippen LogP contribution is -2.51. The Labute approximate surface area is 120 Å². The third-order valence-electron chi connectivity index (χ3n) is 3.71. The number of hydrogen-bond acceptors (Lipinski definition) is 2. The molecule has 4 heteroatoms. The molecular weight excluding hydrogens is 254 g/mol. The van der Waals surface area contributed by atoms with Gasteiger partial charge in [0.15, 0.2) is 5.54 Å². The number of likely N-dealkylation sites (N-methyl/N-ethyl adjacent to an activating group) is 1. The average Bonchev–Trinajstić information content (AvgIpc) is 2.39. The number of carboxylic acid groups (broad SMARTS) is 1. The molecule has 0 aliphatic carbocycles. The molecule has 4 nitrogen and oxygen atoms in total. The minimum atomic E-state index is -1.33. The molecular formula is C16H23NO3. The van der Waals surface area contributed by atoms with Gasteiger partial charge in [0.05, 0.1) is 0 Å². The van der Waals surface area contributed by atoms with Crippen LogP contribution in [0.25, 0.3) is 0 Å². The van der Waals surface area contributed by atoms with Gasteiger partial charge in [-0.05, 0) is 31.4 Å². The monoisotopic (exact) mass is 277 g/mol. The van der Waals surface area contributed by atoms with Crippen LogP contribution in [0, 0.1) is 0 Å². The molecule has 0 fully saturated rings. The molecule has 1 rings (SSSR count). The van der Waals surface area contributed by atoms with Gasteiger partial charge in [0.25, 0.3) is 0 Å². The first-order chi connectivity index (χ1) is 9.37. The minimum Gasteiger partial charge on any atom is -0.479 e. The largest absolute Gasteiger partial charge is 0.479 e. The van der Waals surface area contributed by atoms with E-state index in [9.17, 15) is 14.7 Å². The fraction of sp³-hybridized carbons (Fsp3) is 0.500. The fourth-order valence-corrected chi connectivity index (χ4v) is 2.53. The molecule has 0 heterocycles. The summed E-state index contributed by atoms with van der Waals surface area (Å²) in [5, 5.41) is 9.62. The SMILES string of the molecule is CCCc1ccc(C(C)(C(=O)O)N(CC)C(C)=O)cc1. The summed E-state index contributed by atoms with van der Waals surface area (Å²) in [6.07, 6.45) is 2.01. The summed E-state index contributed by atoms with van der Waals surface area (Å²) < 4.78 is 0. The predicted octanol–water partition coefficient (Wildman–Crippen LogP) is 2.81. The van der Waals surface area contributed by atoms with Crippen LogP contribution in [0.2, 0.25) is 0 Å². The topological polar surface area (TPSA) is 57.6 Å². The van der Waals surface area contributed by atoms with Crippen molar-refractivity contribution in [3.05, 3.63) is 35.4 Å². The molecule has 0 saturated heterocycles. The molecule has 0 bridgehead atoms. The molecule has 110 valence electrons. The summed E-state index contributed by atoms with van der Waals surface area (Å²) in [5.41, 5.74) is 0.475. The smallest absolute Gasteiger partial charge is 0.334 e. The van der Waals surface area contributed by atoms with Gasteiger partial charge in [-0.3, -0.25) is 4.79 Å². The van der Waals surface area contributed by atoms with E-state index in [1.807, 2.05) is 24.3 Å². The number of aryl methyl sites for hydroxylation is 1. The van der Waals surface area contributed by atoms with Crippen molar-refractivity contribution in [2.45, 2.75) is 46.1 Å². The summed E-state index contributed by atoms with van der Waals surface area (Å²) >= 11 is 0. The maximum absolute atomic E-state index is 11.7. The Morgan fingerprint density at radius 3 is 2.10 bits per heavy atom. The normalized spacial score (nSPS) is 13.6. The Balaban J connectivity index is 3.25. The van der Waals surface area contributed by atoms with Crippen LogP contribution in [-0.4, -0.2) is 28.4 Å². The predicted molar refractivity (Wildman–Crippen MR) is 78.5 cm³/mol. The number of aliphatic carboxylic acids is 1. The molecule has 0 radical (unpaired) electrons. The van der Waals surface area contributed by atoms with Crippen molar-refractivity contribution in [1.82, 2.24) is 4.90 Å². The van der Waals surface area contributed by atoms with Crippen LogP contribution in [0.5, 0.6) is 0 Å². The Hall–Kier alpha value is -1.84. The Kier molecular flexibility index (Phi) is 5.31. The molecule has 0 aromatic heterocycles. The molecule has 1 atom stereocenters. The van der Waals surface area contributed by atoms with Crippen molar-refractivity contribution in [2.24, 2.45) is 0 Å². The summed E-state index contributed by atoms with van der Waals surface area (Å²) in [5.74, 6) is -1.26. The second-order valence-corrected chi connectivity index (χ2v) is 5.09. The van der Waals surface area contributed by atoms with Crippen molar-refractivity contribution in [3.8, 4) is 0 Å². The van der Waals surface area contributed by atoms with Crippen molar-refractivity contribution in [1.29, 1.82) is 0 Å². The van der Waals surface area contributed by atoms with Gasteiger partial charge < -0.3 is 10.0 Å². The highest BCUT2D eigenvalue weighted by atomic mass is 16.4. The van der Waals surface area contributed by atoms with Crippen LogP contribution in [0.1, 0.15) is 45.2 Å². The number of benzene rings is 1. The standard InChI is InChI=1S/C16H23NO3/c1-5-7-13-8-10-14(11-9-13)16(4,15(19)20)17(6-2)12(3)18/h8-11H,5-7H2,1-4H3,(H,19,20). The lowest BCUT2D eigenvalue weighted by Gasteiger charge is -2.37. The molecule has 1 aromatic carbocycles. The van der Waals surface area contributed by atoms with E-state index >= 15 is 0 Å². The van der Waals surface area contributed by atoms with Crippen molar-refractivity contribution in [3.63, 3.8) is 0 Å². The second-order valence-electron chi connectivity index (χ2n) is 5.09. The quantitative estimate of drug-likeness (QED) is 0.870. The van der Waals surface area contributed by atoms with Crippen molar-refractivity contribution in [2.75, 3.05) is 6.54 Å². The second kappa shape index (κ2) is 6.55. The molecule has 0 spiro atoms. The van der Waals surface area contributed by atoms with Gasteiger partial charge >= 0.3 is 5.97 Å². The van der Waals surface area contributed by atoms with E-state index in [-0.39, 0.29) is 5.91 Å². The lowest BCUT2D eigenvalue weighted by atomic mass is 9.89. The minimum absolute atomic E-state index is 0.241. The van der Waals surface area contributed by atoms with Gasteiger partial charge in [-0.2, -0.15) is 0 Å². The molecule has 0 aliphatic heterocycles. The zero-order chi connectivity index (χ0) is 15.3. The van der Waals surface area contributed by atoms with Crippen LogP contribution in [0.4, 0.5) is 0 Å². The molecule has 0 aliphatic rings. The third kappa shape index (κ3) is 3.00. The summed E-state index contributed by atoms with van der Waals surface area (Å²) in [6.45, 7) is 7.22. The molecule has 20 heavy (non-hydrogen) atoms. The Bertz CT molecular complexity index is 481. The molecule has 1 N–H and O–H groups in total. The van der Waals surface area contributed by atoms with Gasteiger partial charge in [0.1, 0.15) is 0 Å². The van der Waals surface area contributed by atoms with E-state index in [1.54, 1.807) is 13.8 Å². The average molecular weight is 277 g/mol. The number of nitrogens with zero attached hydrogens (tertiary/aromatic N) is 1. The van der Waals surface area contributed by atoms with Crippen LogP contribution in [0.3, 0.4) is 0 Å². The van der Waals surface area contributed by atoms with Crippen molar-refractivity contribution < 1.29 is 14.7 Å². The van der Waals surface area contributed by atoms with E-state index in [2.05, 4.69) is 6.92 Å². The number of carboxylic acids is 1. The maximum Gasteiger partial charge on any atom is 0.334 e. The maximum atomic E-state index is 11.7. The highest BCUT2D eigenvalue weighted by Gasteiger charge is 2.42. The zero-order valence-electron chi connectivity index (χ0n) is 12.6. The summed E-state index contributed by atoms with van der Waals surface area (Å²) in [4.78, 5) is 24.9. The van der Waals surface area contributed by atoms with Crippen molar-refractivity contribution >= 4 is 11.9 Å². The molecule has 1 amide bonds. The number of amides is 1. The number of hydrogen-bond donors (Lipinski definition) is 1. The highest BCUT2D eigenvalue weighted by molar-refractivity contribution is 5.87. The van der Waals surface area contributed by atoms with Crippen LogP contribution in [0.15, 0.2) is 24.3 Å². The Morgan fingerprint density at radius 1 is 1.20 bits per heavy atom. The van der Waals surface area contributed by atoms with Crippen LogP contribution >= 0.6 is 0 Å². The fourth-order valence-electron chi connectivity index (χ4n) is 2.53. The number of carbonyl (C=O) groups excluding carboxylic acids is 1. The Morgan fingerprint density at radius 2 is 1.75 bits per heavy atom. The number of carbonyl (C=O) groups is 2. The van der Waals surface area contributed by atoms with E-state index in [0.717, 1.165) is 12.8 Å². The first-order valence-electron chi connectivity index (χ1n) is 6.98. The van der Waals surface area contributed by atoms with Gasteiger partial charge in [-0.15, -0.1) is 0 Å². The summed E-state index contributed by atoms with van der Waals surface area (Å²) in [7, 11) is 0. The first-order valence-corrected chi connectivity index (χ1v) is 6.98. The third-order valence-corrected chi connectivity index (χ3v) is 3.71. The molecule has 1 aromatic rings. The van der Waals surface area contributed by atoms with Gasteiger partial charge in [0, 0.05) is 13.5 Å². The van der Waals surface area contributed by atoms with Crippen LogP contribution in [-0.2, 0) is 21.5 Å². The van der Waals surface area contributed by atoms with E-state index < -0.39 is 11.5 Å². The molecule has 0 saturated carbocycles. The molecule has 1 unspecified atom stereocenters. The first kappa shape index (κ1) is 16.2. The number of rotatable bonds is 6. The van der Waals surface area contributed by atoms with Crippen LogP contribution < -0.4 is 0 Å². The van der Waals surface area contributed by atoms with E-state index in [4.69, 9.17) is 0 Å². The zero-order valence-corrected chi connectivity index (χ0v) is 12.6. The van der Waals surface area contributed by atoms with E-state index in [1.165, 1.54) is 17.4 Å².